The van der Waals surface area contributed by atoms with Gasteiger partial charge in [-0.2, -0.15) is 4.68 Å². The number of hydrogen-bond acceptors (Lipinski definition) is 5. The van der Waals surface area contributed by atoms with Gasteiger partial charge in [0.1, 0.15) is 0 Å². The van der Waals surface area contributed by atoms with Crippen LogP contribution in [0.1, 0.15) is 37.9 Å². The molecule has 1 aromatic heterocycles. The SMILES string of the molecule is Cc1nnnn1-c1cccc(NC(=O)CC2CCCCC2N)c1. The zero-order chi connectivity index (χ0) is 16.2. The number of nitrogens with one attached hydrogen (secondary N) is 1. The van der Waals surface area contributed by atoms with Crippen LogP contribution >= 0.6 is 0 Å². The van der Waals surface area contributed by atoms with E-state index < -0.39 is 0 Å². The molecule has 2 aromatic rings. The van der Waals surface area contributed by atoms with E-state index in [0.717, 1.165) is 24.2 Å². The molecule has 7 nitrogen and oxygen atoms in total. The molecule has 122 valence electrons. The van der Waals surface area contributed by atoms with Crippen LogP contribution in [0.15, 0.2) is 24.3 Å². The van der Waals surface area contributed by atoms with Crippen molar-refractivity contribution in [1.29, 1.82) is 0 Å². The fourth-order valence-electron chi connectivity index (χ4n) is 3.13. The number of rotatable bonds is 4. The lowest BCUT2D eigenvalue weighted by atomic mass is 9.83. The number of carbonyl (C=O) groups excluding carboxylic acids is 1. The summed E-state index contributed by atoms with van der Waals surface area (Å²) < 4.78 is 1.63. The lowest BCUT2D eigenvalue weighted by molar-refractivity contribution is -0.117. The summed E-state index contributed by atoms with van der Waals surface area (Å²) in [6.45, 7) is 1.83. The maximum Gasteiger partial charge on any atom is 0.224 e. The van der Waals surface area contributed by atoms with Crippen molar-refractivity contribution in [2.45, 2.75) is 45.1 Å². The van der Waals surface area contributed by atoms with Crippen LogP contribution in [0.4, 0.5) is 5.69 Å². The molecular formula is C16H22N6O. The number of nitrogens with zero attached hydrogens (tertiary/aromatic N) is 4. The van der Waals surface area contributed by atoms with Gasteiger partial charge < -0.3 is 11.1 Å². The quantitative estimate of drug-likeness (QED) is 0.897. The van der Waals surface area contributed by atoms with Crippen molar-refractivity contribution < 1.29 is 4.79 Å². The first kappa shape index (κ1) is 15.6. The van der Waals surface area contributed by atoms with E-state index in [2.05, 4.69) is 20.8 Å². The van der Waals surface area contributed by atoms with Crippen LogP contribution in [0.25, 0.3) is 5.69 Å². The van der Waals surface area contributed by atoms with Crippen LogP contribution in [0, 0.1) is 12.8 Å². The zero-order valence-electron chi connectivity index (χ0n) is 13.3. The summed E-state index contributed by atoms with van der Waals surface area (Å²) in [4.78, 5) is 12.3. The van der Waals surface area contributed by atoms with Crippen molar-refractivity contribution in [3.05, 3.63) is 30.1 Å². The minimum absolute atomic E-state index is 0.0120. The van der Waals surface area contributed by atoms with Crippen molar-refractivity contribution in [3.8, 4) is 5.69 Å². The number of aryl methyl sites for hydroxylation is 1. The number of amides is 1. The molecule has 1 saturated carbocycles. The molecule has 0 saturated heterocycles. The van der Waals surface area contributed by atoms with Crippen LogP contribution in [-0.4, -0.2) is 32.2 Å². The molecule has 2 atom stereocenters. The number of benzene rings is 1. The minimum Gasteiger partial charge on any atom is -0.327 e. The third-order valence-corrected chi connectivity index (χ3v) is 4.42. The molecule has 3 rings (SSSR count). The van der Waals surface area contributed by atoms with Gasteiger partial charge in [0.25, 0.3) is 0 Å². The molecule has 1 amide bonds. The maximum absolute atomic E-state index is 12.3. The molecule has 0 bridgehead atoms. The molecular weight excluding hydrogens is 292 g/mol. The van der Waals surface area contributed by atoms with Crippen molar-refractivity contribution in [3.63, 3.8) is 0 Å². The summed E-state index contributed by atoms with van der Waals surface area (Å²) in [7, 11) is 0. The van der Waals surface area contributed by atoms with Crippen molar-refractivity contribution in [1.82, 2.24) is 20.2 Å². The minimum atomic E-state index is 0.0120. The highest BCUT2D eigenvalue weighted by Gasteiger charge is 2.24. The van der Waals surface area contributed by atoms with Gasteiger partial charge in [-0.3, -0.25) is 4.79 Å². The number of hydrogen-bond donors (Lipinski definition) is 2. The Kier molecular flexibility index (Phi) is 4.66. The molecule has 7 heteroatoms. The first-order valence-corrected chi connectivity index (χ1v) is 8.04. The van der Waals surface area contributed by atoms with E-state index in [0.29, 0.717) is 12.2 Å². The van der Waals surface area contributed by atoms with Gasteiger partial charge in [-0.25, -0.2) is 0 Å². The van der Waals surface area contributed by atoms with E-state index >= 15 is 0 Å². The number of aromatic nitrogens is 4. The number of anilines is 1. The van der Waals surface area contributed by atoms with Gasteiger partial charge in [0.2, 0.25) is 5.91 Å². The molecule has 1 aliphatic carbocycles. The van der Waals surface area contributed by atoms with E-state index in [1.807, 2.05) is 31.2 Å². The first-order chi connectivity index (χ1) is 11.1. The van der Waals surface area contributed by atoms with Gasteiger partial charge in [0.15, 0.2) is 5.82 Å². The Morgan fingerprint density at radius 3 is 2.96 bits per heavy atom. The number of carbonyl (C=O) groups is 1. The van der Waals surface area contributed by atoms with Crippen LogP contribution in [0.2, 0.25) is 0 Å². The van der Waals surface area contributed by atoms with Gasteiger partial charge in [-0.05, 0) is 54.3 Å². The van der Waals surface area contributed by atoms with Crippen molar-refractivity contribution in [2.24, 2.45) is 11.7 Å². The average Bonchev–Trinajstić information content (AvgIpc) is 2.96. The van der Waals surface area contributed by atoms with Crippen LogP contribution in [0.5, 0.6) is 0 Å². The normalized spacial score (nSPS) is 21.1. The second-order valence-electron chi connectivity index (χ2n) is 6.15. The van der Waals surface area contributed by atoms with Crippen molar-refractivity contribution >= 4 is 11.6 Å². The third kappa shape index (κ3) is 3.73. The Labute approximate surface area is 135 Å². The fourth-order valence-corrected chi connectivity index (χ4v) is 3.13. The van der Waals surface area contributed by atoms with Gasteiger partial charge in [-0.15, -0.1) is 5.10 Å². The van der Waals surface area contributed by atoms with E-state index in [1.54, 1.807) is 4.68 Å². The number of nitrogens with two attached hydrogens (primary N) is 1. The Balaban J connectivity index is 1.66. The average molecular weight is 314 g/mol. The highest BCUT2D eigenvalue weighted by Crippen LogP contribution is 2.26. The van der Waals surface area contributed by atoms with Gasteiger partial charge in [0, 0.05) is 18.2 Å². The van der Waals surface area contributed by atoms with E-state index in [4.69, 9.17) is 5.73 Å². The fraction of sp³-hybridized carbons (Fsp3) is 0.500. The van der Waals surface area contributed by atoms with E-state index in [1.165, 1.54) is 12.8 Å². The summed E-state index contributed by atoms with van der Waals surface area (Å²) in [5.41, 5.74) is 7.68. The molecule has 3 N–H and O–H groups in total. The maximum atomic E-state index is 12.3. The van der Waals surface area contributed by atoms with Crippen LogP contribution in [-0.2, 0) is 4.79 Å². The Morgan fingerprint density at radius 2 is 2.22 bits per heavy atom. The van der Waals surface area contributed by atoms with Crippen LogP contribution in [0.3, 0.4) is 0 Å². The van der Waals surface area contributed by atoms with Crippen LogP contribution < -0.4 is 11.1 Å². The highest BCUT2D eigenvalue weighted by molar-refractivity contribution is 5.91. The molecule has 23 heavy (non-hydrogen) atoms. The molecule has 0 spiro atoms. The predicted octanol–water partition coefficient (Wildman–Crippen LogP) is 1.82. The summed E-state index contributed by atoms with van der Waals surface area (Å²) >= 11 is 0. The van der Waals surface area contributed by atoms with Gasteiger partial charge in [-0.1, -0.05) is 18.9 Å². The monoisotopic (exact) mass is 314 g/mol. The summed E-state index contributed by atoms with van der Waals surface area (Å²) in [6, 6.07) is 7.64. The second kappa shape index (κ2) is 6.87. The number of tetrazole rings is 1. The summed E-state index contributed by atoms with van der Waals surface area (Å²) in [6.07, 6.45) is 4.88. The first-order valence-electron chi connectivity index (χ1n) is 8.04. The molecule has 0 aliphatic heterocycles. The predicted molar refractivity (Wildman–Crippen MR) is 87.1 cm³/mol. The molecule has 2 unspecified atom stereocenters. The summed E-state index contributed by atoms with van der Waals surface area (Å²) in [5, 5.41) is 14.4. The lowest BCUT2D eigenvalue weighted by Gasteiger charge is -2.27. The summed E-state index contributed by atoms with van der Waals surface area (Å²) in [5.74, 6) is 0.994. The zero-order valence-corrected chi connectivity index (χ0v) is 13.3. The largest absolute Gasteiger partial charge is 0.327 e. The highest BCUT2D eigenvalue weighted by atomic mass is 16.1. The topological polar surface area (TPSA) is 98.7 Å². The third-order valence-electron chi connectivity index (χ3n) is 4.42. The molecule has 1 fully saturated rings. The molecule has 1 aliphatic rings. The van der Waals surface area contributed by atoms with Gasteiger partial charge in [0.05, 0.1) is 5.69 Å². The van der Waals surface area contributed by atoms with E-state index in [-0.39, 0.29) is 17.9 Å². The molecule has 0 radical (unpaired) electrons. The Bertz CT molecular complexity index is 683. The second-order valence-corrected chi connectivity index (χ2v) is 6.15. The van der Waals surface area contributed by atoms with Gasteiger partial charge >= 0.3 is 0 Å². The van der Waals surface area contributed by atoms with E-state index in [9.17, 15) is 4.79 Å². The smallest absolute Gasteiger partial charge is 0.224 e. The lowest BCUT2D eigenvalue weighted by Crippen LogP contribution is -2.35. The molecule has 1 heterocycles. The van der Waals surface area contributed by atoms with Crippen molar-refractivity contribution in [2.75, 3.05) is 5.32 Å². The standard InChI is InChI=1S/C16H22N6O/c1-11-19-20-21-22(11)14-7-4-6-13(10-14)18-16(23)9-12-5-2-3-8-15(12)17/h4,6-7,10,12,15H,2-3,5,8-9,17H2,1H3,(H,18,23). The Hall–Kier alpha value is -2.28. The molecule has 1 aromatic carbocycles. The Morgan fingerprint density at radius 1 is 1.39 bits per heavy atom.